The van der Waals surface area contributed by atoms with E-state index >= 15 is 0 Å². The lowest BCUT2D eigenvalue weighted by molar-refractivity contribution is -0.0000264. The molecule has 1 aliphatic heterocycles. The maximum atomic E-state index is 10.9. The number of amides is 1. The zero-order chi connectivity index (χ0) is 16.1. The van der Waals surface area contributed by atoms with Crippen LogP contribution in [0.1, 0.15) is 62.0 Å². The van der Waals surface area contributed by atoms with Gasteiger partial charge in [-0.25, -0.2) is 4.79 Å². The highest BCUT2D eigenvalue weighted by Gasteiger charge is 2.23. The third kappa shape index (κ3) is 4.25. The van der Waals surface area contributed by atoms with Gasteiger partial charge in [0.25, 0.3) is 0 Å². The van der Waals surface area contributed by atoms with E-state index in [9.17, 15) is 4.79 Å². The summed E-state index contributed by atoms with van der Waals surface area (Å²) in [6.07, 6.45) is 7.63. The molecule has 0 radical (unpaired) electrons. The zero-order valence-corrected chi connectivity index (χ0v) is 13.7. The van der Waals surface area contributed by atoms with Gasteiger partial charge in [-0.15, -0.1) is 0 Å². The third-order valence-corrected chi connectivity index (χ3v) is 5.29. The molecule has 1 amide bonds. The van der Waals surface area contributed by atoms with Gasteiger partial charge in [-0.05, 0) is 42.7 Å². The summed E-state index contributed by atoms with van der Waals surface area (Å²) in [5.41, 5.74) is 2.79. The van der Waals surface area contributed by atoms with Gasteiger partial charge in [-0.3, -0.25) is 0 Å². The van der Waals surface area contributed by atoms with E-state index in [1.807, 2.05) is 0 Å². The van der Waals surface area contributed by atoms with Crippen LogP contribution in [0.15, 0.2) is 24.3 Å². The van der Waals surface area contributed by atoms with Gasteiger partial charge in [0, 0.05) is 13.1 Å². The molecule has 1 aromatic carbocycles. The van der Waals surface area contributed by atoms with E-state index in [0.29, 0.717) is 25.6 Å². The van der Waals surface area contributed by atoms with Gasteiger partial charge in [0.2, 0.25) is 0 Å². The Morgan fingerprint density at radius 3 is 2.48 bits per heavy atom. The molecule has 1 N–H and O–H groups in total. The van der Waals surface area contributed by atoms with Crippen molar-refractivity contribution < 1.29 is 14.6 Å². The molecule has 0 bridgehead atoms. The Morgan fingerprint density at radius 2 is 1.78 bits per heavy atom. The van der Waals surface area contributed by atoms with Crippen LogP contribution in [-0.2, 0) is 11.3 Å². The Labute approximate surface area is 138 Å². The molecule has 126 valence electrons. The molecule has 2 aliphatic rings. The highest BCUT2D eigenvalue weighted by molar-refractivity contribution is 5.65. The van der Waals surface area contributed by atoms with Gasteiger partial charge in [-0.1, -0.05) is 43.5 Å². The Hall–Kier alpha value is -1.55. The van der Waals surface area contributed by atoms with Gasteiger partial charge in [-0.2, -0.15) is 0 Å². The number of ether oxygens (including phenoxy) is 1. The fourth-order valence-electron chi connectivity index (χ4n) is 3.90. The van der Waals surface area contributed by atoms with E-state index in [-0.39, 0.29) is 6.10 Å². The molecular formula is C19H27NO3. The fraction of sp³-hybridized carbons (Fsp3) is 0.632. The van der Waals surface area contributed by atoms with Crippen molar-refractivity contribution in [2.24, 2.45) is 0 Å². The molecule has 0 aromatic heterocycles. The van der Waals surface area contributed by atoms with Gasteiger partial charge >= 0.3 is 6.09 Å². The number of carbonyl (C=O) groups is 1. The highest BCUT2D eigenvalue weighted by atomic mass is 16.5. The summed E-state index contributed by atoms with van der Waals surface area (Å²) in [7, 11) is 0. The van der Waals surface area contributed by atoms with Gasteiger partial charge in [0.05, 0.1) is 12.7 Å². The summed E-state index contributed by atoms with van der Waals surface area (Å²) in [4.78, 5) is 12.4. The second-order valence-corrected chi connectivity index (χ2v) is 6.81. The molecule has 1 aliphatic carbocycles. The van der Waals surface area contributed by atoms with E-state index in [0.717, 1.165) is 12.8 Å². The molecule has 4 heteroatoms. The van der Waals surface area contributed by atoms with Gasteiger partial charge in [0.1, 0.15) is 0 Å². The topological polar surface area (TPSA) is 49.8 Å². The molecule has 23 heavy (non-hydrogen) atoms. The predicted molar refractivity (Wildman–Crippen MR) is 89.7 cm³/mol. The molecule has 1 heterocycles. The number of benzene rings is 1. The van der Waals surface area contributed by atoms with Crippen molar-refractivity contribution in [1.29, 1.82) is 0 Å². The van der Waals surface area contributed by atoms with Crippen LogP contribution < -0.4 is 0 Å². The summed E-state index contributed by atoms with van der Waals surface area (Å²) in [6, 6.07) is 8.69. The molecule has 1 aromatic rings. The first-order valence-corrected chi connectivity index (χ1v) is 8.91. The van der Waals surface area contributed by atoms with Crippen molar-refractivity contribution in [3.8, 4) is 0 Å². The summed E-state index contributed by atoms with van der Waals surface area (Å²) < 4.78 is 6.11. The van der Waals surface area contributed by atoms with Crippen molar-refractivity contribution in [3.63, 3.8) is 0 Å². The second kappa shape index (κ2) is 7.82. The number of carboxylic acid groups (broad SMARTS) is 1. The average Bonchev–Trinajstić information content (AvgIpc) is 2.61. The fourth-order valence-corrected chi connectivity index (χ4v) is 3.90. The molecule has 1 saturated carbocycles. The van der Waals surface area contributed by atoms with Crippen LogP contribution in [0, 0.1) is 0 Å². The van der Waals surface area contributed by atoms with Crippen molar-refractivity contribution in [2.75, 3.05) is 13.1 Å². The number of hydrogen-bond donors (Lipinski definition) is 1. The first-order valence-electron chi connectivity index (χ1n) is 8.91. The minimum Gasteiger partial charge on any atom is -0.465 e. The monoisotopic (exact) mass is 317 g/mol. The molecule has 2 fully saturated rings. The predicted octanol–water partition coefficient (Wildman–Crippen LogP) is 4.39. The maximum Gasteiger partial charge on any atom is 0.407 e. The van der Waals surface area contributed by atoms with Crippen LogP contribution in [0.25, 0.3) is 0 Å². The maximum absolute atomic E-state index is 10.9. The lowest BCUT2D eigenvalue weighted by Crippen LogP contribution is -2.40. The first-order chi connectivity index (χ1) is 11.2. The number of nitrogens with zero attached hydrogens (tertiary/aromatic N) is 1. The molecule has 0 atom stereocenters. The smallest absolute Gasteiger partial charge is 0.407 e. The van der Waals surface area contributed by atoms with E-state index in [2.05, 4.69) is 24.3 Å². The van der Waals surface area contributed by atoms with Crippen LogP contribution >= 0.6 is 0 Å². The van der Waals surface area contributed by atoms with E-state index < -0.39 is 6.09 Å². The number of hydrogen-bond acceptors (Lipinski definition) is 2. The van der Waals surface area contributed by atoms with Crippen LogP contribution in [0.4, 0.5) is 4.79 Å². The second-order valence-electron chi connectivity index (χ2n) is 6.81. The molecule has 4 nitrogen and oxygen atoms in total. The standard InChI is InChI=1S/C19H27NO3/c21-19(22)20-12-10-17(11-13-20)23-14-16-8-4-5-9-18(16)15-6-2-1-3-7-15/h4-5,8-9,15,17H,1-3,6-7,10-14H2,(H,21,22). The Balaban J connectivity index is 1.55. The average molecular weight is 317 g/mol. The number of rotatable bonds is 4. The van der Waals surface area contributed by atoms with Crippen LogP contribution in [0.5, 0.6) is 0 Å². The van der Waals surface area contributed by atoms with Gasteiger partial charge < -0.3 is 14.7 Å². The van der Waals surface area contributed by atoms with E-state index in [1.54, 1.807) is 0 Å². The normalized spacial score (nSPS) is 20.6. The highest BCUT2D eigenvalue weighted by Crippen LogP contribution is 2.34. The summed E-state index contributed by atoms with van der Waals surface area (Å²) >= 11 is 0. The molecule has 1 saturated heterocycles. The van der Waals surface area contributed by atoms with Crippen molar-refractivity contribution in [3.05, 3.63) is 35.4 Å². The SMILES string of the molecule is O=C(O)N1CCC(OCc2ccccc2C2CCCCC2)CC1. The summed E-state index contributed by atoms with van der Waals surface area (Å²) in [5.74, 6) is 0.692. The van der Waals surface area contributed by atoms with Crippen LogP contribution in [0.2, 0.25) is 0 Å². The largest absolute Gasteiger partial charge is 0.465 e. The Bertz CT molecular complexity index is 517. The summed E-state index contributed by atoms with van der Waals surface area (Å²) in [6.45, 7) is 1.83. The molecule has 0 unspecified atom stereocenters. The Kier molecular flexibility index (Phi) is 5.55. The van der Waals surface area contributed by atoms with Crippen molar-refractivity contribution >= 4 is 6.09 Å². The Morgan fingerprint density at radius 1 is 1.09 bits per heavy atom. The van der Waals surface area contributed by atoms with Crippen molar-refractivity contribution in [2.45, 2.75) is 63.6 Å². The quantitative estimate of drug-likeness (QED) is 0.896. The molecule has 3 rings (SSSR count). The lowest BCUT2D eigenvalue weighted by Gasteiger charge is -2.30. The zero-order valence-electron chi connectivity index (χ0n) is 13.7. The van der Waals surface area contributed by atoms with E-state index in [4.69, 9.17) is 9.84 Å². The molecule has 0 spiro atoms. The minimum absolute atomic E-state index is 0.185. The van der Waals surface area contributed by atoms with Crippen molar-refractivity contribution in [1.82, 2.24) is 4.90 Å². The van der Waals surface area contributed by atoms with E-state index in [1.165, 1.54) is 48.1 Å². The minimum atomic E-state index is -0.814. The third-order valence-electron chi connectivity index (χ3n) is 5.29. The first kappa shape index (κ1) is 16.3. The van der Waals surface area contributed by atoms with Gasteiger partial charge in [0.15, 0.2) is 0 Å². The lowest BCUT2D eigenvalue weighted by atomic mass is 9.82. The molecular weight excluding hydrogens is 290 g/mol. The number of likely N-dealkylation sites (tertiary alicyclic amines) is 1. The number of piperidine rings is 1. The summed E-state index contributed by atoms with van der Waals surface area (Å²) in [5, 5.41) is 9.00. The van der Waals surface area contributed by atoms with Crippen LogP contribution in [0.3, 0.4) is 0 Å². The van der Waals surface area contributed by atoms with Crippen LogP contribution in [-0.4, -0.2) is 35.3 Å².